The van der Waals surface area contributed by atoms with E-state index in [2.05, 4.69) is 17.0 Å². The molecule has 0 saturated heterocycles. The average molecular weight is 269 g/mol. The van der Waals surface area contributed by atoms with E-state index >= 15 is 0 Å². The topological polar surface area (TPSA) is 48.6 Å². The summed E-state index contributed by atoms with van der Waals surface area (Å²) in [5.41, 5.74) is 3.40. The fraction of sp³-hybridized carbons (Fsp3) is 0.333. The molecule has 0 atom stereocenters. The molecule has 1 aromatic heterocycles. The third-order valence-corrected chi connectivity index (χ3v) is 3.68. The predicted octanol–water partition coefficient (Wildman–Crippen LogP) is 2.35. The SMILES string of the molecule is CCCc1cnc2n1N=Cc1cc3c(cc1C2)OCO3. The molecule has 5 nitrogen and oxygen atoms in total. The number of aromatic nitrogens is 2. The molecule has 5 heteroatoms. The van der Waals surface area contributed by atoms with Crippen molar-refractivity contribution in [3.8, 4) is 11.5 Å². The molecule has 0 amide bonds. The van der Waals surface area contributed by atoms with Gasteiger partial charge in [0.05, 0.1) is 18.1 Å². The van der Waals surface area contributed by atoms with Crippen molar-refractivity contribution in [2.75, 3.05) is 6.79 Å². The van der Waals surface area contributed by atoms with E-state index in [1.165, 1.54) is 5.56 Å². The number of rotatable bonds is 2. The Kier molecular flexibility index (Phi) is 2.52. The number of benzene rings is 1. The van der Waals surface area contributed by atoms with Crippen LogP contribution in [0, 0.1) is 0 Å². The lowest BCUT2D eigenvalue weighted by Gasteiger charge is -2.04. The summed E-state index contributed by atoms with van der Waals surface area (Å²) in [6, 6.07) is 4.03. The van der Waals surface area contributed by atoms with E-state index in [1.807, 2.05) is 29.2 Å². The van der Waals surface area contributed by atoms with Crippen molar-refractivity contribution < 1.29 is 9.47 Å². The summed E-state index contributed by atoms with van der Waals surface area (Å²) in [4.78, 5) is 4.50. The quantitative estimate of drug-likeness (QED) is 0.717. The molecule has 1 aromatic carbocycles. The van der Waals surface area contributed by atoms with Gasteiger partial charge in [-0.05, 0) is 24.1 Å². The first-order valence-electron chi connectivity index (χ1n) is 6.87. The number of imidazole rings is 1. The largest absolute Gasteiger partial charge is 0.454 e. The Bertz CT molecular complexity index is 703. The fourth-order valence-electron chi connectivity index (χ4n) is 2.68. The second kappa shape index (κ2) is 4.37. The van der Waals surface area contributed by atoms with Crippen LogP contribution in [0.5, 0.6) is 11.5 Å². The highest BCUT2D eigenvalue weighted by molar-refractivity contribution is 5.84. The third-order valence-electron chi connectivity index (χ3n) is 3.68. The van der Waals surface area contributed by atoms with Crippen LogP contribution in [-0.4, -0.2) is 22.7 Å². The first-order chi connectivity index (χ1) is 9.85. The van der Waals surface area contributed by atoms with Gasteiger partial charge in [-0.3, -0.25) is 0 Å². The van der Waals surface area contributed by atoms with Gasteiger partial charge in [0.25, 0.3) is 0 Å². The predicted molar refractivity (Wildman–Crippen MR) is 74.6 cm³/mol. The molecule has 20 heavy (non-hydrogen) atoms. The number of hydrogen-bond acceptors (Lipinski definition) is 4. The second-order valence-electron chi connectivity index (χ2n) is 5.05. The van der Waals surface area contributed by atoms with Crippen LogP contribution >= 0.6 is 0 Å². The minimum atomic E-state index is 0.296. The summed E-state index contributed by atoms with van der Waals surface area (Å²) in [7, 11) is 0. The van der Waals surface area contributed by atoms with E-state index in [0.717, 1.165) is 47.8 Å². The summed E-state index contributed by atoms with van der Waals surface area (Å²) in [5.74, 6) is 2.58. The summed E-state index contributed by atoms with van der Waals surface area (Å²) in [5, 5.41) is 4.56. The summed E-state index contributed by atoms with van der Waals surface area (Å²) in [6.45, 7) is 2.46. The molecular formula is C15H15N3O2. The maximum absolute atomic E-state index is 5.44. The van der Waals surface area contributed by atoms with Crippen molar-refractivity contribution in [2.45, 2.75) is 26.2 Å². The molecule has 0 N–H and O–H groups in total. The Morgan fingerprint density at radius 3 is 2.95 bits per heavy atom. The monoisotopic (exact) mass is 269 g/mol. The second-order valence-corrected chi connectivity index (χ2v) is 5.05. The van der Waals surface area contributed by atoms with Gasteiger partial charge < -0.3 is 9.47 Å². The minimum absolute atomic E-state index is 0.296. The third kappa shape index (κ3) is 1.70. The Morgan fingerprint density at radius 2 is 2.10 bits per heavy atom. The highest BCUT2D eigenvalue weighted by atomic mass is 16.7. The van der Waals surface area contributed by atoms with Crippen LogP contribution in [0.2, 0.25) is 0 Å². The first-order valence-corrected chi connectivity index (χ1v) is 6.87. The molecule has 4 rings (SSSR count). The van der Waals surface area contributed by atoms with Crippen molar-refractivity contribution >= 4 is 6.21 Å². The number of ether oxygens (including phenoxy) is 2. The summed E-state index contributed by atoms with van der Waals surface area (Å²) < 4.78 is 12.8. The van der Waals surface area contributed by atoms with Crippen LogP contribution in [0.15, 0.2) is 23.4 Å². The molecular weight excluding hydrogens is 254 g/mol. The maximum Gasteiger partial charge on any atom is 0.231 e. The number of fused-ring (bicyclic) bond motifs is 3. The van der Waals surface area contributed by atoms with Crippen LogP contribution in [0.3, 0.4) is 0 Å². The molecule has 2 aliphatic heterocycles. The Labute approximate surface area is 116 Å². The summed E-state index contributed by atoms with van der Waals surface area (Å²) >= 11 is 0. The molecule has 0 saturated carbocycles. The van der Waals surface area contributed by atoms with Gasteiger partial charge in [-0.2, -0.15) is 5.10 Å². The molecule has 0 unspecified atom stereocenters. The van der Waals surface area contributed by atoms with E-state index < -0.39 is 0 Å². The molecule has 0 spiro atoms. The fourth-order valence-corrected chi connectivity index (χ4v) is 2.68. The molecule has 0 fully saturated rings. The van der Waals surface area contributed by atoms with Crippen molar-refractivity contribution in [3.63, 3.8) is 0 Å². The van der Waals surface area contributed by atoms with E-state index in [9.17, 15) is 0 Å². The molecule has 102 valence electrons. The van der Waals surface area contributed by atoms with Gasteiger partial charge in [-0.25, -0.2) is 9.66 Å². The van der Waals surface area contributed by atoms with Gasteiger partial charge in [0.15, 0.2) is 11.5 Å². The zero-order chi connectivity index (χ0) is 13.5. The van der Waals surface area contributed by atoms with Gasteiger partial charge in [0.2, 0.25) is 6.79 Å². The van der Waals surface area contributed by atoms with E-state index in [4.69, 9.17) is 9.47 Å². The van der Waals surface area contributed by atoms with Crippen molar-refractivity contribution in [1.82, 2.24) is 9.66 Å². The van der Waals surface area contributed by atoms with Gasteiger partial charge >= 0.3 is 0 Å². The zero-order valence-electron chi connectivity index (χ0n) is 11.3. The van der Waals surface area contributed by atoms with Gasteiger partial charge in [0.1, 0.15) is 5.82 Å². The van der Waals surface area contributed by atoms with Gasteiger partial charge in [-0.1, -0.05) is 13.3 Å². The smallest absolute Gasteiger partial charge is 0.231 e. The first kappa shape index (κ1) is 11.5. The van der Waals surface area contributed by atoms with Crippen LogP contribution in [-0.2, 0) is 12.8 Å². The molecule has 2 aromatic rings. The molecule has 3 heterocycles. The lowest BCUT2D eigenvalue weighted by Crippen LogP contribution is -2.00. The summed E-state index contributed by atoms with van der Waals surface area (Å²) in [6.07, 6.45) is 6.64. The van der Waals surface area contributed by atoms with Crippen molar-refractivity contribution in [2.24, 2.45) is 5.10 Å². The van der Waals surface area contributed by atoms with Crippen LogP contribution in [0.4, 0.5) is 0 Å². The normalized spacial score (nSPS) is 14.8. The highest BCUT2D eigenvalue weighted by Crippen LogP contribution is 2.35. The van der Waals surface area contributed by atoms with Crippen molar-refractivity contribution in [3.05, 3.63) is 41.0 Å². The minimum Gasteiger partial charge on any atom is -0.454 e. The number of nitrogens with zero attached hydrogens (tertiary/aromatic N) is 3. The molecule has 0 aliphatic carbocycles. The zero-order valence-corrected chi connectivity index (χ0v) is 11.3. The van der Waals surface area contributed by atoms with Crippen LogP contribution < -0.4 is 9.47 Å². The molecule has 0 bridgehead atoms. The van der Waals surface area contributed by atoms with Crippen molar-refractivity contribution in [1.29, 1.82) is 0 Å². The molecule has 2 aliphatic rings. The lowest BCUT2D eigenvalue weighted by atomic mass is 10.0. The van der Waals surface area contributed by atoms with Gasteiger partial charge in [0, 0.05) is 12.0 Å². The van der Waals surface area contributed by atoms with Crippen LogP contribution in [0.1, 0.15) is 36.0 Å². The van der Waals surface area contributed by atoms with E-state index in [-0.39, 0.29) is 0 Å². The highest BCUT2D eigenvalue weighted by Gasteiger charge is 2.20. The number of aryl methyl sites for hydroxylation is 1. The Morgan fingerprint density at radius 1 is 1.25 bits per heavy atom. The van der Waals surface area contributed by atoms with E-state index in [0.29, 0.717) is 6.79 Å². The Balaban J connectivity index is 1.79. The van der Waals surface area contributed by atoms with E-state index in [1.54, 1.807) is 0 Å². The van der Waals surface area contributed by atoms with Gasteiger partial charge in [-0.15, -0.1) is 0 Å². The average Bonchev–Trinajstić information content (AvgIpc) is 3.00. The lowest BCUT2D eigenvalue weighted by molar-refractivity contribution is 0.174. The number of hydrogen-bond donors (Lipinski definition) is 0. The Hall–Kier alpha value is -2.30. The van der Waals surface area contributed by atoms with Crippen LogP contribution in [0.25, 0.3) is 0 Å². The standard InChI is InChI=1S/C15H15N3O2/c1-2-3-12-8-16-15-6-10-4-13-14(20-9-19-13)5-11(10)7-17-18(12)15/h4-5,7-8H,2-3,6,9H2,1H3. The molecule has 0 radical (unpaired) electrons. The maximum atomic E-state index is 5.44.